The van der Waals surface area contributed by atoms with Gasteiger partial charge >= 0.3 is 0 Å². The van der Waals surface area contributed by atoms with Crippen LogP contribution in [0.4, 0.5) is 0 Å². The van der Waals surface area contributed by atoms with E-state index >= 15 is 0 Å². The van der Waals surface area contributed by atoms with E-state index in [9.17, 15) is 4.79 Å². The molecule has 1 aliphatic heterocycles. The van der Waals surface area contributed by atoms with Crippen LogP contribution in [0.2, 0.25) is 0 Å². The fourth-order valence-corrected chi connectivity index (χ4v) is 0.871. The van der Waals surface area contributed by atoms with Crippen LogP contribution in [0.1, 0.15) is 12.8 Å². The fraction of sp³-hybridized carbons (Fsp3) is 0.500. The SMILES string of the molecule is NNC(=O)CCC1=CNCN1. The molecule has 1 heterocycles. The predicted molar refractivity (Wildman–Crippen MR) is 40.8 cm³/mol. The minimum atomic E-state index is -0.139. The minimum absolute atomic E-state index is 0.139. The molecule has 0 saturated heterocycles. The van der Waals surface area contributed by atoms with E-state index in [0.717, 1.165) is 12.4 Å². The minimum Gasteiger partial charge on any atom is -0.372 e. The van der Waals surface area contributed by atoms with Gasteiger partial charge in [0.2, 0.25) is 5.91 Å². The van der Waals surface area contributed by atoms with E-state index in [1.54, 1.807) is 0 Å². The fourth-order valence-electron chi connectivity index (χ4n) is 0.871. The van der Waals surface area contributed by atoms with Gasteiger partial charge in [0.25, 0.3) is 0 Å². The zero-order chi connectivity index (χ0) is 8.10. The number of amides is 1. The summed E-state index contributed by atoms with van der Waals surface area (Å²) in [5.41, 5.74) is 3.12. The molecule has 0 unspecified atom stereocenters. The molecule has 0 atom stereocenters. The van der Waals surface area contributed by atoms with E-state index in [-0.39, 0.29) is 5.91 Å². The zero-order valence-electron chi connectivity index (χ0n) is 6.18. The Morgan fingerprint density at radius 1 is 1.82 bits per heavy atom. The van der Waals surface area contributed by atoms with E-state index in [0.29, 0.717) is 12.8 Å². The second-order valence-electron chi connectivity index (χ2n) is 2.29. The lowest BCUT2D eigenvalue weighted by Crippen LogP contribution is -2.30. The van der Waals surface area contributed by atoms with Gasteiger partial charge in [-0.1, -0.05) is 0 Å². The van der Waals surface area contributed by atoms with E-state index in [1.807, 2.05) is 6.20 Å². The lowest BCUT2D eigenvalue weighted by Gasteiger charge is -2.00. The third-order valence-corrected chi connectivity index (χ3v) is 1.48. The average molecular weight is 156 g/mol. The Morgan fingerprint density at radius 3 is 3.18 bits per heavy atom. The molecule has 0 bridgehead atoms. The van der Waals surface area contributed by atoms with Gasteiger partial charge in [-0.25, -0.2) is 5.84 Å². The first-order valence-electron chi connectivity index (χ1n) is 3.48. The highest BCUT2D eigenvalue weighted by atomic mass is 16.2. The molecule has 5 nitrogen and oxygen atoms in total. The zero-order valence-corrected chi connectivity index (χ0v) is 6.18. The van der Waals surface area contributed by atoms with Gasteiger partial charge in [0.15, 0.2) is 0 Å². The van der Waals surface area contributed by atoms with Gasteiger partial charge < -0.3 is 10.6 Å². The van der Waals surface area contributed by atoms with Crippen molar-refractivity contribution in [3.05, 3.63) is 11.9 Å². The van der Waals surface area contributed by atoms with Crippen LogP contribution in [0.15, 0.2) is 11.9 Å². The van der Waals surface area contributed by atoms with Gasteiger partial charge in [-0.2, -0.15) is 0 Å². The number of rotatable bonds is 3. The maximum atomic E-state index is 10.7. The summed E-state index contributed by atoms with van der Waals surface area (Å²) >= 11 is 0. The van der Waals surface area contributed by atoms with Crippen molar-refractivity contribution in [2.45, 2.75) is 12.8 Å². The number of hydrazine groups is 1. The predicted octanol–water partition coefficient (Wildman–Crippen LogP) is -1.25. The van der Waals surface area contributed by atoms with Crippen LogP contribution in [0.25, 0.3) is 0 Å². The number of carbonyl (C=O) groups is 1. The first-order valence-corrected chi connectivity index (χ1v) is 3.48. The van der Waals surface area contributed by atoms with Crippen LogP contribution < -0.4 is 21.9 Å². The molecule has 0 aromatic rings. The Morgan fingerprint density at radius 2 is 2.64 bits per heavy atom. The molecule has 11 heavy (non-hydrogen) atoms. The molecule has 1 amide bonds. The molecule has 62 valence electrons. The summed E-state index contributed by atoms with van der Waals surface area (Å²) in [5.74, 6) is 4.76. The monoisotopic (exact) mass is 156 g/mol. The Bertz CT molecular complexity index is 177. The smallest absolute Gasteiger partial charge is 0.234 e. The topological polar surface area (TPSA) is 79.2 Å². The molecule has 0 fully saturated rings. The first kappa shape index (κ1) is 7.87. The van der Waals surface area contributed by atoms with E-state index in [2.05, 4.69) is 16.1 Å². The second kappa shape index (κ2) is 3.82. The molecule has 0 radical (unpaired) electrons. The molecular formula is C6H12N4O. The molecule has 0 aliphatic carbocycles. The summed E-state index contributed by atoms with van der Waals surface area (Å²) in [7, 11) is 0. The quantitative estimate of drug-likeness (QED) is 0.234. The first-order chi connectivity index (χ1) is 5.33. The van der Waals surface area contributed by atoms with Crippen molar-refractivity contribution in [1.29, 1.82) is 0 Å². The summed E-state index contributed by atoms with van der Waals surface area (Å²) in [6.45, 7) is 0.750. The second-order valence-corrected chi connectivity index (χ2v) is 2.29. The van der Waals surface area contributed by atoms with Crippen LogP contribution in [0.3, 0.4) is 0 Å². The largest absolute Gasteiger partial charge is 0.372 e. The highest BCUT2D eigenvalue weighted by molar-refractivity contribution is 5.75. The molecule has 0 saturated carbocycles. The van der Waals surface area contributed by atoms with Gasteiger partial charge in [-0.15, -0.1) is 0 Å². The van der Waals surface area contributed by atoms with Gasteiger partial charge in [0, 0.05) is 18.3 Å². The van der Waals surface area contributed by atoms with Crippen LogP contribution in [-0.2, 0) is 4.79 Å². The Labute approximate surface area is 65.0 Å². The van der Waals surface area contributed by atoms with Crippen LogP contribution >= 0.6 is 0 Å². The molecule has 0 aromatic carbocycles. The van der Waals surface area contributed by atoms with Gasteiger partial charge in [0.1, 0.15) is 0 Å². The highest BCUT2D eigenvalue weighted by Crippen LogP contribution is 2.01. The molecule has 0 spiro atoms. The number of nitrogens with one attached hydrogen (secondary N) is 3. The molecule has 5 N–H and O–H groups in total. The Hall–Kier alpha value is -1.23. The molecule has 5 heteroatoms. The lowest BCUT2D eigenvalue weighted by molar-refractivity contribution is -0.121. The van der Waals surface area contributed by atoms with Crippen molar-refractivity contribution < 1.29 is 4.79 Å². The van der Waals surface area contributed by atoms with E-state index < -0.39 is 0 Å². The van der Waals surface area contributed by atoms with E-state index in [1.165, 1.54) is 0 Å². The number of allylic oxidation sites excluding steroid dienone is 1. The lowest BCUT2D eigenvalue weighted by atomic mass is 10.2. The Kier molecular flexibility index (Phi) is 2.74. The summed E-state index contributed by atoms with van der Waals surface area (Å²) in [5, 5.41) is 6.04. The third kappa shape index (κ3) is 2.46. The van der Waals surface area contributed by atoms with Crippen molar-refractivity contribution >= 4 is 5.91 Å². The summed E-state index contributed by atoms with van der Waals surface area (Å²) < 4.78 is 0. The number of hydrogen-bond acceptors (Lipinski definition) is 4. The van der Waals surface area contributed by atoms with Crippen molar-refractivity contribution in [2.75, 3.05) is 6.67 Å². The van der Waals surface area contributed by atoms with Crippen LogP contribution in [0.5, 0.6) is 0 Å². The molecule has 1 rings (SSSR count). The molecule has 1 aliphatic rings. The van der Waals surface area contributed by atoms with Gasteiger partial charge in [-0.3, -0.25) is 10.2 Å². The standard InChI is InChI=1S/C6H12N4O/c7-10-6(11)2-1-5-3-8-4-9-5/h3,8-9H,1-2,4,7H2,(H,10,11). The van der Waals surface area contributed by atoms with Gasteiger partial charge in [0.05, 0.1) is 6.67 Å². The molecule has 0 aromatic heterocycles. The van der Waals surface area contributed by atoms with Crippen LogP contribution in [0, 0.1) is 0 Å². The van der Waals surface area contributed by atoms with Crippen LogP contribution in [-0.4, -0.2) is 12.6 Å². The average Bonchev–Trinajstić information content (AvgIpc) is 2.52. The number of carbonyl (C=O) groups excluding carboxylic acids is 1. The maximum absolute atomic E-state index is 10.7. The van der Waals surface area contributed by atoms with Crippen molar-refractivity contribution in [3.8, 4) is 0 Å². The Balaban J connectivity index is 2.16. The highest BCUT2D eigenvalue weighted by Gasteiger charge is 2.04. The number of nitrogens with two attached hydrogens (primary N) is 1. The summed E-state index contributed by atoms with van der Waals surface area (Å²) in [4.78, 5) is 10.7. The van der Waals surface area contributed by atoms with Gasteiger partial charge in [-0.05, 0) is 6.42 Å². The normalized spacial score (nSPS) is 14.8. The summed E-state index contributed by atoms with van der Waals surface area (Å²) in [6.07, 6.45) is 3.00. The van der Waals surface area contributed by atoms with E-state index in [4.69, 9.17) is 5.84 Å². The van der Waals surface area contributed by atoms with Crippen molar-refractivity contribution in [2.24, 2.45) is 5.84 Å². The summed E-state index contributed by atoms with van der Waals surface area (Å²) in [6, 6.07) is 0. The van der Waals surface area contributed by atoms with Crippen molar-refractivity contribution in [3.63, 3.8) is 0 Å². The maximum Gasteiger partial charge on any atom is 0.234 e. The molecular weight excluding hydrogens is 144 g/mol. The van der Waals surface area contributed by atoms with Crippen molar-refractivity contribution in [1.82, 2.24) is 16.1 Å². The third-order valence-electron chi connectivity index (χ3n) is 1.48. The number of hydrogen-bond donors (Lipinski definition) is 4.